The summed E-state index contributed by atoms with van der Waals surface area (Å²) in [4.78, 5) is 19.1. The predicted octanol–water partition coefficient (Wildman–Crippen LogP) is 3.74. The van der Waals surface area contributed by atoms with Gasteiger partial charge >= 0.3 is 0 Å². The fourth-order valence-corrected chi connectivity index (χ4v) is 9.71. The number of thiazole rings is 4. The number of nitrogens with two attached hydrogens (primary N) is 3. The number of rotatable bonds is 9. The molecule has 0 saturated heterocycles. The van der Waals surface area contributed by atoms with Gasteiger partial charge in [-0.2, -0.15) is 16.8 Å². The lowest BCUT2D eigenvalue weighted by atomic mass is 10.2. The van der Waals surface area contributed by atoms with Crippen molar-refractivity contribution in [2.75, 3.05) is 31.4 Å². The number of pyridine rings is 1. The normalized spacial score (nSPS) is 11.4. The quantitative estimate of drug-likeness (QED) is 0.122. The first-order chi connectivity index (χ1) is 22.6. The van der Waals surface area contributed by atoms with Crippen LogP contribution in [-0.2, 0) is 30.1 Å². The zero-order valence-corrected chi connectivity index (χ0v) is 30.0. The van der Waals surface area contributed by atoms with E-state index in [0.717, 1.165) is 45.3 Å². The zero-order valence-electron chi connectivity index (χ0n) is 24.3. The number of nitrogens with zero attached hydrogens (tertiary/aromatic N) is 5. The number of aryl methyl sites for hydroxylation is 1. The summed E-state index contributed by atoms with van der Waals surface area (Å²) >= 11 is 4.25. The second kappa shape index (κ2) is 15.6. The van der Waals surface area contributed by atoms with Crippen LogP contribution in [0.1, 0.15) is 5.56 Å². The fourth-order valence-electron chi connectivity index (χ4n) is 3.20. The van der Waals surface area contributed by atoms with E-state index in [0.29, 0.717) is 20.6 Å². The van der Waals surface area contributed by atoms with Crippen LogP contribution in [0.25, 0.3) is 0 Å². The summed E-state index contributed by atoms with van der Waals surface area (Å²) in [7, 11) is -10.9. The van der Waals surface area contributed by atoms with Gasteiger partial charge in [0.25, 0.3) is 30.1 Å². The highest BCUT2D eigenvalue weighted by Crippen LogP contribution is 2.25. The van der Waals surface area contributed by atoms with Crippen molar-refractivity contribution in [2.45, 2.75) is 21.2 Å². The lowest BCUT2D eigenvalue weighted by Gasteiger charge is -2.07. The smallest absolute Gasteiger partial charge is 0.291 e. The Labute approximate surface area is 291 Å². The summed E-state index contributed by atoms with van der Waals surface area (Å²) in [6, 6.07) is 11.4. The number of hydrogen-bond acceptors (Lipinski definition) is 18. The second-order valence-electron chi connectivity index (χ2n) is 8.75. The van der Waals surface area contributed by atoms with E-state index in [1.54, 1.807) is 48.7 Å². The molecule has 6 aromatic rings. The average Bonchev–Trinajstić information content (AvgIpc) is 3.85. The van der Waals surface area contributed by atoms with Crippen molar-refractivity contribution in [3.63, 3.8) is 0 Å². The summed E-state index contributed by atoms with van der Waals surface area (Å²) < 4.78 is 77.9. The molecule has 0 saturated carbocycles. The Morgan fingerprint density at radius 2 is 1.08 bits per heavy atom. The standard InChI is InChI=1S/C10H11N3O2S2.C8H8N4O2S2.C6H6N4O2S3/c1-7-4-2-3-5-8(7)17(14,15)13-10-12-6-9(11)16-10;9-6-5-11-8(15-6)12-16(13,14)7-3-1-2-4-10-7;7-4-3-9-5(14-4)10-15(11,12)6-8-1-2-13-6/h2-6H,11H2,1H3,(H,12,13);1-5H,9H2,(H,11,12);1-3H,7H2,(H,9,10). The molecule has 0 amide bonds. The van der Waals surface area contributed by atoms with Gasteiger partial charge in [0.1, 0.15) is 15.0 Å². The summed E-state index contributed by atoms with van der Waals surface area (Å²) in [5.41, 5.74) is 17.0. The van der Waals surface area contributed by atoms with Crippen LogP contribution in [0.2, 0.25) is 0 Å². The minimum absolute atomic E-state index is 0.0104. The maximum Gasteiger partial charge on any atom is 0.291 e. The molecule has 0 radical (unpaired) electrons. The largest absolute Gasteiger partial charge is 0.389 e. The Morgan fingerprint density at radius 1 is 0.583 bits per heavy atom. The summed E-state index contributed by atoms with van der Waals surface area (Å²) in [6.45, 7) is 1.74. The van der Waals surface area contributed by atoms with E-state index >= 15 is 0 Å². The van der Waals surface area contributed by atoms with E-state index in [2.05, 4.69) is 39.1 Å². The molecule has 6 rings (SSSR count). The Morgan fingerprint density at radius 3 is 1.52 bits per heavy atom. The van der Waals surface area contributed by atoms with Crippen molar-refractivity contribution in [3.8, 4) is 0 Å². The van der Waals surface area contributed by atoms with E-state index in [1.165, 1.54) is 37.1 Å². The summed E-state index contributed by atoms with van der Waals surface area (Å²) in [5.74, 6) is 0. The van der Waals surface area contributed by atoms with E-state index in [1.807, 2.05) is 0 Å². The van der Waals surface area contributed by atoms with Gasteiger partial charge in [-0.05, 0) is 30.7 Å². The summed E-state index contributed by atoms with van der Waals surface area (Å²) in [5, 5.41) is 3.63. The van der Waals surface area contributed by atoms with Crippen LogP contribution in [0.5, 0.6) is 0 Å². The van der Waals surface area contributed by atoms with Crippen molar-refractivity contribution < 1.29 is 25.3 Å². The Kier molecular flexibility index (Phi) is 11.8. The third-order valence-corrected chi connectivity index (χ3v) is 13.1. The lowest BCUT2D eigenvalue weighted by molar-refractivity contribution is 0.596. The molecule has 0 aliphatic heterocycles. The van der Waals surface area contributed by atoms with Gasteiger partial charge < -0.3 is 17.2 Å². The number of nitrogens with one attached hydrogen (secondary N) is 3. The number of benzene rings is 1. The van der Waals surface area contributed by atoms with Gasteiger partial charge in [-0.3, -0.25) is 14.2 Å². The van der Waals surface area contributed by atoms with Gasteiger partial charge in [0.15, 0.2) is 20.4 Å². The maximum atomic E-state index is 12.0. The number of anilines is 6. The highest BCUT2D eigenvalue weighted by Gasteiger charge is 2.19. The zero-order chi connectivity index (χ0) is 35.0. The second-order valence-corrected chi connectivity index (χ2v) is 18.0. The lowest BCUT2D eigenvalue weighted by Crippen LogP contribution is -2.13. The molecule has 254 valence electrons. The Balaban J connectivity index is 0.000000163. The molecule has 0 bridgehead atoms. The molecule has 24 heteroatoms. The van der Waals surface area contributed by atoms with E-state index in [-0.39, 0.29) is 29.7 Å². The molecule has 48 heavy (non-hydrogen) atoms. The van der Waals surface area contributed by atoms with Gasteiger partial charge in [0.05, 0.1) is 23.5 Å². The van der Waals surface area contributed by atoms with Gasteiger partial charge in [-0.15, -0.1) is 11.3 Å². The van der Waals surface area contributed by atoms with Crippen LogP contribution in [0.3, 0.4) is 0 Å². The minimum atomic E-state index is -3.67. The van der Waals surface area contributed by atoms with Crippen LogP contribution in [0, 0.1) is 6.92 Å². The highest BCUT2D eigenvalue weighted by atomic mass is 32.2. The maximum absolute atomic E-state index is 12.0. The van der Waals surface area contributed by atoms with Crippen molar-refractivity contribution >= 4 is 106 Å². The third kappa shape index (κ3) is 10.3. The van der Waals surface area contributed by atoms with Crippen LogP contribution in [-0.4, -0.2) is 50.2 Å². The number of hydrogen-bond donors (Lipinski definition) is 6. The molecule has 5 heterocycles. The molecule has 9 N–H and O–H groups in total. The van der Waals surface area contributed by atoms with Crippen LogP contribution in [0.4, 0.5) is 30.4 Å². The van der Waals surface area contributed by atoms with Crippen LogP contribution in [0.15, 0.2) is 93.1 Å². The van der Waals surface area contributed by atoms with E-state index < -0.39 is 30.1 Å². The molecular formula is C24H25N11O6S7. The average molecular weight is 788 g/mol. The Bertz CT molecular complexity index is 2270. The molecule has 0 unspecified atom stereocenters. The van der Waals surface area contributed by atoms with Crippen molar-refractivity contribution in [3.05, 3.63) is 84.4 Å². The topological polar surface area (TPSA) is 281 Å². The third-order valence-electron chi connectivity index (χ3n) is 5.17. The molecule has 0 atom stereocenters. The van der Waals surface area contributed by atoms with Crippen molar-refractivity contribution in [1.29, 1.82) is 0 Å². The van der Waals surface area contributed by atoms with Gasteiger partial charge in [0.2, 0.25) is 4.34 Å². The van der Waals surface area contributed by atoms with Crippen LogP contribution < -0.4 is 31.4 Å². The molecule has 0 aliphatic rings. The SMILES string of the molecule is Cc1ccccc1S(=O)(=O)Nc1ncc(N)s1.Nc1cnc(NS(=O)(=O)c2ccccn2)s1.Nc1cnc(NS(=O)(=O)c2nccs2)s1. The number of sulfonamides is 3. The van der Waals surface area contributed by atoms with Crippen molar-refractivity contribution in [1.82, 2.24) is 24.9 Å². The molecule has 1 aromatic carbocycles. The predicted molar refractivity (Wildman–Crippen MR) is 190 cm³/mol. The molecule has 0 aliphatic carbocycles. The minimum Gasteiger partial charge on any atom is -0.389 e. The van der Waals surface area contributed by atoms with Crippen LogP contribution >= 0.6 is 45.3 Å². The van der Waals surface area contributed by atoms with Gasteiger partial charge in [-0.25, -0.2) is 33.3 Å². The van der Waals surface area contributed by atoms with Crippen molar-refractivity contribution in [2.24, 2.45) is 0 Å². The molecule has 0 spiro atoms. The molecule has 5 aromatic heterocycles. The summed E-state index contributed by atoms with van der Waals surface area (Å²) in [6.07, 6.45) is 7.03. The van der Waals surface area contributed by atoms with Gasteiger partial charge in [-0.1, -0.05) is 58.3 Å². The fraction of sp³-hybridized carbons (Fsp3) is 0.0417. The number of aromatic nitrogens is 5. The highest BCUT2D eigenvalue weighted by molar-refractivity contribution is 7.94. The first-order valence-corrected chi connectivity index (χ1v) is 20.5. The number of nitrogen functional groups attached to an aromatic ring is 3. The molecular weight excluding hydrogens is 763 g/mol. The van der Waals surface area contributed by atoms with Gasteiger partial charge in [0, 0.05) is 17.8 Å². The monoisotopic (exact) mass is 787 g/mol. The van der Waals surface area contributed by atoms with E-state index in [4.69, 9.17) is 17.2 Å². The molecule has 0 fully saturated rings. The first-order valence-electron chi connectivity index (χ1n) is 12.7. The molecule has 17 nitrogen and oxygen atoms in total. The van der Waals surface area contributed by atoms with E-state index in [9.17, 15) is 25.3 Å². The Hall–Kier alpha value is -4.46. The first kappa shape index (κ1) is 36.4.